The second-order valence-corrected chi connectivity index (χ2v) is 8.35. The Morgan fingerprint density at radius 3 is 1.79 bits per heavy atom. The molecule has 0 saturated carbocycles. The van der Waals surface area contributed by atoms with Crippen LogP contribution in [0, 0.1) is 0 Å². The molecule has 0 aliphatic rings. The Morgan fingerprint density at radius 1 is 1.00 bits per heavy atom. The second-order valence-electron chi connectivity index (χ2n) is 6.78. The van der Waals surface area contributed by atoms with Crippen LogP contribution in [-0.2, 0) is 15.4 Å². The summed E-state index contributed by atoms with van der Waals surface area (Å²) in [7, 11) is -4.22. The van der Waals surface area contributed by atoms with Gasteiger partial charge in [0.15, 0.2) is 0 Å². The fourth-order valence-electron chi connectivity index (χ4n) is 1.86. The smallest absolute Gasteiger partial charge is 1.00 e. The molecule has 19 heavy (non-hydrogen) atoms. The minimum Gasteiger partial charge on any atom is -1.00 e. The number of hydrogen-bond acceptors (Lipinski definition) is 1. The molecule has 0 fully saturated rings. The third-order valence-corrected chi connectivity index (χ3v) is 4.00. The third-order valence-electron chi connectivity index (χ3n) is 2.98. The zero-order chi connectivity index (χ0) is 14.4. The average Bonchev–Trinajstić information content (AvgIpc) is 2.12. The van der Waals surface area contributed by atoms with Crippen molar-refractivity contribution in [1.82, 2.24) is 0 Å². The van der Waals surface area contributed by atoms with E-state index in [0.717, 1.165) is 11.1 Å². The standard InChI is InChI=1S/C14H23O3P.Li.H/c1-13(2,3)10-7-8-12(18(15,16)17)11(9-10)14(4,5)6;;/h7-9H,1-6H3,(H2,15,16,17);;/q;+1;-1. The van der Waals surface area contributed by atoms with Crippen molar-refractivity contribution in [2.45, 2.75) is 52.4 Å². The van der Waals surface area contributed by atoms with Gasteiger partial charge in [-0.25, -0.2) is 0 Å². The van der Waals surface area contributed by atoms with E-state index < -0.39 is 7.60 Å². The van der Waals surface area contributed by atoms with E-state index in [9.17, 15) is 14.4 Å². The minimum absolute atomic E-state index is 0. The summed E-state index contributed by atoms with van der Waals surface area (Å²) in [5.74, 6) is 0. The normalized spacial score (nSPS) is 13.1. The Balaban J connectivity index is 0. The first-order chi connectivity index (χ1) is 7.83. The molecule has 0 aliphatic carbocycles. The maximum absolute atomic E-state index is 11.6. The molecule has 0 aliphatic heterocycles. The summed E-state index contributed by atoms with van der Waals surface area (Å²) < 4.78 is 11.6. The molecule has 3 nitrogen and oxygen atoms in total. The fourth-order valence-corrected chi connectivity index (χ4v) is 2.84. The fraction of sp³-hybridized carbons (Fsp3) is 0.571. The predicted molar refractivity (Wildman–Crippen MR) is 76.6 cm³/mol. The van der Waals surface area contributed by atoms with Crippen molar-refractivity contribution in [3.8, 4) is 0 Å². The van der Waals surface area contributed by atoms with Gasteiger partial charge in [-0.2, -0.15) is 0 Å². The van der Waals surface area contributed by atoms with Crippen LogP contribution in [0.3, 0.4) is 0 Å². The first-order valence-electron chi connectivity index (χ1n) is 6.04. The van der Waals surface area contributed by atoms with Crippen molar-refractivity contribution >= 4 is 12.9 Å². The summed E-state index contributed by atoms with van der Waals surface area (Å²) in [5.41, 5.74) is 1.48. The van der Waals surface area contributed by atoms with Crippen LogP contribution in [0.4, 0.5) is 0 Å². The van der Waals surface area contributed by atoms with Gasteiger partial charge in [-0.1, -0.05) is 53.7 Å². The van der Waals surface area contributed by atoms with Crippen LogP contribution in [0.25, 0.3) is 0 Å². The molecule has 0 spiro atoms. The van der Waals surface area contributed by atoms with Gasteiger partial charge in [-0.3, -0.25) is 4.57 Å². The van der Waals surface area contributed by atoms with Crippen LogP contribution in [0.15, 0.2) is 18.2 Å². The van der Waals surface area contributed by atoms with Crippen molar-refractivity contribution < 1.29 is 34.6 Å². The number of hydrogen-bond donors (Lipinski definition) is 2. The maximum atomic E-state index is 11.6. The Hall–Kier alpha value is -0.0326. The zero-order valence-electron chi connectivity index (χ0n) is 14.0. The van der Waals surface area contributed by atoms with Crippen LogP contribution in [0.5, 0.6) is 0 Å². The van der Waals surface area contributed by atoms with E-state index in [1.807, 2.05) is 32.9 Å². The van der Waals surface area contributed by atoms with Gasteiger partial charge in [-0.05, 0) is 28.0 Å². The monoisotopic (exact) mass is 278 g/mol. The summed E-state index contributed by atoms with van der Waals surface area (Å²) in [6.07, 6.45) is 0. The largest absolute Gasteiger partial charge is 1.00 e. The SMILES string of the molecule is CC(C)(C)c1ccc(P(=O)(O)O)c(C(C)(C)C)c1.[H-].[Li+]. The van der Waals surface area contributed by atoms with E-state index in [2.05, 4.69) is 20.8 Å². The molecule has 104 valence electrons. The van der Waals surface area contributed by atoms with Crippen molar-refractivity contribution in [3.05, 3.63) is 29.3 Å². The Kier molecular flexibility index (Phi) is 5.75. The summed E-state index contributed by atoms with van der Waals surface area (Å²) in [4.78, 5) is 18.9. The topological polar surface area (TPSA) is 57.5 Å². The molecular formula is C14H24LiO3P. The molecule has 2 N–H and O–H groups in total. The average molecular weight is 278 g/mol. The molecule has 0 radical (unpaired) electrons. The summed E-state index contributed by atoms with van der Waals surface area (Å²) in [6.45, 7) is 12.2. The van der Waals surface area contributed by atoms with Gasteiger partial charge in [0.25, 0.3) is 0 Å². The summed E-state index contributed by atoms with van der Waals surface area (Å²) in [5, 5.41) is 0.142. The Labute approximate surface area is 129 Å². The molecule has 0 heterocycles. The van der Waals surface area contributed by atoms with Gasteiger partial charge >= 0.3 is 26.5 Å². The zero-order valence-corrected chi connectivity index (χ0v) is 13.9. The van der Waals surface area contributed by atoms with Crippen LogP contribution >= 0.6 is 7.60 Å². The van der Waals surface area contributed by atoms with Gasteiger partial charge in [0.1, 0.15) is 0 Å². The third kappa shape index (κ3) is 4.78. The van der Waals surface area contributed by atoms with Gasteiger partial charge < -0.3 is 11.2 Å². The molecule has 0 aromatic heterocycles. The molecule has 5 heteroatoms. The van der Waals surface area contributed by atoms with Gasteiger partial charge in [0, 0.05) is 0 Å². The molecule has 1 rings (SSSR count). The van der Waals surface area contributed by atoms with Gasteiger partial charge in [0.05, 0.1) is 5.30 Å². The molecule has 0 atom stereocenters. The van der Waals surface area contributed by atoms with Crippen molar-refractivity contribution in [1.29, 1.82) is 0 Å². The van der Waals surface area contributed by atoms with E-state index >= 15 is 0 Å². The minimum atomic E-state index is -4.22. The molecule has 0 unspecified atom stereocenters. The van der Waals surface area contributed by atoms with Gasteiger partial charge in [-0.15, -0.1) is 0 Å². The molecule has 1 aromatic carbocycles. The first-order valence-corrected chi connectivity index (χ1v) is 7.66. The van der Waals surface area contributed by atoms with Crippen LogP contribution in [0.1, 0.15) is 54.1 Å². The molecule has 0 saturated heterocycles. The van der Waals surface area contributed by atoms with E-state index in [4.69, 9.17) is 0 Å². The van der Waals surface area contributed by atoms with Crippen molar-refractivity contribution in [2.24, 2.45) is 0 Å². The first kappa shape index (κ1) is 19.0. The molecule has 0 amide bonds. The van der Waals surface area contributed by atoms with Gasteiger partial charge in [0.2, 0.25) is 0 Å². The van der Waals surface area contributed by atoms with Crippen molar-refractivity contribution in [3.63, 3.8) is 0 Å². The van der Waals surface area contributed by atoms with Crippen LogP contribution in [0.2, 0.25) is 0 Å². The number of benzene rings is 1. The van der Waals surface area contributed by atoms with E-state index in [-0.39, 0.29) is 36.4 Å². The van der Waals surface area contributed by atoms with Crippen LogP contribution < -0.4 is 24.2 Å². The quantitative estimate of drug-likeness (QED) is 0.570. The molecule has 1 aromatic rings. The summed E-state index contributed by atoms with van der Waals surface area (Å²) in [6, 6.07) is 5.31. The van der Waals surface area contributed by atoms with Crippen molar-refractivity contribution in [2.75, 3.05) is 0 Å². The maximum Gasteiger partial charge on any atom is 1.00 e. The summed E-state index contributed by atoms with van der Waals surface area (Å²) >= 11 is 0. The second kappa shape index (κ2) is 5.76. The Morgan fingerprint density at radius 2 is 1.47 bits per heavy atom. The molecular weight excluding hydrogens is 254 g/mol. The van der Waals surface area contributed by atoms with E-state index in [1.165, 1.54) is 0 Å². The molecule has 0 bridgehead atoms. The van der Waals surface area contributed by atoms with E-state index in [0.29, 0.717) is 0 Å². The van der Waals surface area contributed by atoms with E-state index in [1.54, 1.807) is 6.07 Å². The Bertz CT molecular complexity index is 498. The predicted octanol–water partition coefficient (Wildman–Crippen LogP) is 0.201. The van der Waals surface area contributed by atoms with Crippen LogP contribution in [-0.4, -0.2) is 9.79 Å². The number of rotatable bonds is 1.